The van der Waals surface area contributed by atoms with Gasteiger partial charge in [0.25, 0.3) is 0 Å². The molecule has 2 heterocycles. The van der Waals surface area contributed by atoms with Crippen molar-refractivity contribution in [3.05, 3.63) is 46.6 Å². The van der Waals surface area contributed by atoms with Gasteiger partial charge in [-0.05, 0) is 29.8 Å². The molecule has 1 aliphatic rings. The molecule has 108 valence electrons. The number of benzene rings is 1. The lowest BCUT2D eigenvalue weighted by Gasteiger charge is -2.13. The number of hydrogen-bond donors (Lipinski definition) is 2. The zero-order valence-corrected chi connectivity index (χ0v) is 12.0. The molecule has 0 fully saturated rings. The van der Waals surface area contributed by atoms with E-state index in [0.717, 1.165) is 5.56 Å². The Bertz CT molecular complexity index is 680. The Labute approximate surface area is 127 Å². The molecule has 1 aliphatic heterocycles. The molecule has 1 atom stereocenters. The van der Waals surface area contributed by atoms with E-state index in [-0.39, 0.29) is 6.10 Å². The summed E-state index contributed by atoms with van der Waals surface area (Å²) in [5, 5.41) is 19.3. The fraction of sp³-hybridized carbons (Fsp3) is 0.214. The first-order valence-electron chi connectivity index (χ1n) is 6.44. The molecule has 0 saturated heterocycles. The summed E-state index contributed by atoms with van der Waals surface area (Å²) in [4.78, 5) is 4.15. The van der Waals surface area contributed by atoms with E-state index in [0.29, 0.717) is 34.1 Å². The minimum Gasteiger partial charge on any atom is -0.485 e. The molecule has 7 heteroatoms. The van der Waals surface area contributed by atoms with Crippen LogP contribution in [0.25, 0.3) is 0 Å². The van der Waals surface area contributed by atoms with Crippen molar-refractivity contribution in [3.63, 3.8) is 0 Å². The van der Waals surface area contributed by atoms with E-state index in [4.69, 9.17) is 21.1 Å². The van der Waals surface area contributed by atoms with Crippen molar-refractivity contribution in [2.45, 2.75) is 12.5 Å². The average Bonchev–Trinajstić information content (AvgIpc) is 2.90. The van der Waals surface area contributed by atoms with Crippen LogP contribution in [0.15, 0.2) is 30.5 Å². The topological polar surface area (TPSA) is 71.8 Å². The van der Waals surface area contributed by atoms with Crippen molar-refractivity contribution in [1.29, 1.82) is 0 Å². The number of aromatic nitrogens is 1. The molecule has 0 amide bonds. The predicted molar refractivity (Wildman–Crippen MR) is 79.1 cm³/mol. The molecule has 0 bridgehead atoms. The van der Waals surface area contributed by atoms with Crippen LogP contribution in [0.3, 0.4) is 0 Å². The second-order valence-corrected chi connectivity index (χ2v) is 5.13. The molecule has 0 aliphatic carbocycles. The predicted octanol–water partition coefficient (Wildman–Crippen LogP) is 1.10. The molecule has 0 saturated carbocycles. The Balaban J connectivity index is 2.00. The van der Waals surface area contributed by atoms with Crippen LogP contribution < -0.4 is 14.9 Å². The molecule has 2 N–H and O–H groups in total. The SMILES string of the molecule is COc1ncccc1C1Cc2c(ccc(Cl)c2B(O)O)O1. The Kier molecular flexibility index (Phi) is 3.76. The zero-order chi connectivity index (χ0) is 15.0. The number of fused-ring (bicyclic) bond motifs is 1. The number of methoxy groups -OCH3 is 1. The summed E-state index contributed by atoms with van der Waals surface area (Å²) in [5.41, 5.74) is 1.80. The van der Waals surface area contributed by atoms with Gasteiger partial charge in [0.05, 0.1) is 12.7 Å². The minimum atomic E-state index is -1.63. The Morgan fingerprint density at radius 2 is 2.19 bits per heavy atom. The molecule has 2 aromatic rings. The second-order valence-electron chi connectivity index (χ2n) is 4.72. The smallest absolute Gasteiger partial charge is 0.485 e. The molecule has 0 spiro atoms. The number of hydrogen-bond acceptors (Lipinski definition) is 5. The fourth-order valence-corrected chi connectivity index (χ4v) is 2.86. The number of ether oxygens (including phenoxy) is 2. The van der Waals surface area contributed by atoms with E-state index >= 15 is 0 Å². The van der Waals surface area contributed by atoms with Gasteiger partial charge in [0.1, 0.15) is 11.9 Å². The van der Waals surface area contributed by atoms with Crippen molar-refractivity contribution in [1.82, 2.24) is 4.98 Å². The van der Waals surface area contributed by atoms with Crippen LogP contribution in [-0.2, 0) is 6.42 Å². The van der Waals surface area contributed by atoms with Gasteiger partial charge in [-0.1, -0.05) is 11.6 Å². The van der Waals surface area contributed by atoms with Crippen LogP contribution in [0, 0.1) is 0 Å². The van der Waals surface area contributed by atoms with Gasteiger partial charge in [-0.15, -0.1) is 0 Å². The summed E-state index contributed by atoms with van der Waals surface area (Å²) in [6.07, 6.45) is 1.83. The van der Waals surface area contributed by atoms with Crippen LogP contribution in [0.2, 0.25) is 5.02 Å². The van der Waals surface area contributed by atoms with Gasteiger partial charge in [-0.3, -0.25) is 0 Å². The molecular formula is C14H13BClNO4. The highest BCUT2D eigenvalue weighted by Gasteiger charge is 2.33. The first kappa shape index (κ1) is 14.2. The molecule has 1 unspecified atom stereocenters. The van der Waals surface area contributed by atoms with Gasteiger partial charge in [0.15, 0.2) is 0 Å². The molecule has 1 aromatic heterocycles. The summed E-state index contributed by atoms with van der Waals surface area (Å²) < 4.78 is 11.1. The number of rotatable bonds is 3. The fourth-order valence-electron chi connectivity index (χ4n) is 2.59. The Morgan fingerprint density at radius 3 is 2.90 bits per heavy atom. The van der Waals surface area contributed by atoms with Crippen LogP contribution in [0.1, 0.15) is 17.2 Å². The maximum Gasteiger partial charge on any atom is 0.490 e. The van der Waals surface area contributed by atoms with Crippen LogP contribution >= 0.6 is 11.6 Å². The Hall–Kier alpha value is -1.76. The van der Waals surface area contributed by atoms with E-state index in [1.54, 1.807) is 31.5 Å². The standard InChI is InChI=1S/C14H13BClNO4/c1-20-14-8(3-2-6-17-14)12-7-9-11(21-12)5-4-10(16)13(9)15(18)19/h2-6,12,18-19H,7H2,1H3. The molecule has 3 rings (SSSR count). The number of nitrogens with zero attached hydrogens (tertiary/aromatic N) is 1. The molecule has 5 nitrogen and oxygen atoms in total. The van der Waals surface area contributed by atoms with E-state index in [1.165, 1.54) is 0 Å². The number of pyridine rings is 1. The lowest BCUT2D eigenvalue weighted by molar-refractivity contribution is 0.230. The van der Waals surface area contributed by atoms with Crippen molar-refractivity contribution in [2.75, 3.05) is 7.11 Å². The van der Waals surface area contributed by atoms with E-state index in [1.807, 2.05) is 6.07 Å². The lowest BCUT2D eigenvalue weighted by atomic mass is 9.76. The van der Waals surface area contributed by atoms with Crippen molar-refractivity contribution >= 4 is 24.2 Å². The van der Waals surface area contributed by atoms with E-state index in [2.05, 4.69) is 4.98 Å². The first-order valence-corrected chi connectivity index (χ1v) is 6.82. The quantitative estimate of drug-likeness (QED) is 0.831. The van der Waals surface area contributed by atoms with Crippen LogP contribution in [-0.4, -0.2) is 29.3 Å². The highest BCUT2D eigenvalue weighted by atomic mass is 35.5. The molecule has 1 aromatic carbocycles. The average molecular weight is 306 g/mol. The van der Waals surface area contributed by atoms with Gasteiger partial charge in [0.2, 0.25) is 5.88 Å². The lowest BCUT2D eigenvalue weighted by Crippen LogP contribution is -2.33. The summed E-state index contributed by atoms with van der Waals surface area (Å²) in [6.45, 7) is 0. The zero-order valence-electron chi connectivity index (χ0n) is 11.3. The highest BCUT2D eigenvalue weighted by Crippen LogP contribution is 2.39. The monoisotopic (exact) mass is 305 g/mol. The third-order valence-electron chi connectivity index (χ3n) is 3.52. The number of halogens is 1. The normalized spacial score (nSPS) is 16.3. The van der Waals surface area contributed by atoms with E-state index in [9.17, 15) is 10.0 Å². The summed E-state index contributed by atoms with van der Waals surface area (Å²) in [7, 11) is -0.0844. The maximum absolute atomic E-state index is 9.50. The van der Waals surface area contributed by atoms with Gasteiger partial charge in [-0.2, -0.15) is 0 Å². The molecule has 0 radical (unpaired) electrons. The summed E-state index contributed by atoms with van der Waals surface area (Å²) >= 11 is 6.04. The van der Waals surface area contributed by atoms with Gasteiger partial charge in [-0.25, -0.2) is 4.98 Å². The minimum absolute atomic E-state index is 0.291. The largest absolute Gasteiger partial charge is 0.490 e. The Morgan fingerprint density at radius 1 is 1.38 bits per heavy atom. The summed E-state index contributed by atoms with van der Waals surface area (Å²) in [5.74, 6) is 1.09. The van der Waals surface area contributed by atoms with Crippen molar-refractivity contribution < 1.29 is 19.5 Å². The first-order chi connectivity index (χ1) is 10.1. The maximum atomic E-state index is 9.50. The third-order valence-corrected chi connectivity index (χ3v) is 3.85. The van der Waals surface area contributed by atoms with Crippen molar-refractivity contribution in [2.24, 2.45) is 0 Å². The van der Waals surface area contributed by atoms with Crippen LogP contribution in [0.5, 0.6) is 11.6 Å². The van der Waals surface area contributed by atoms with Crippen molar-refractivity contribution in [3.8, 4) is 11.6 Å². The summed E-state index contributed by atoms with van der Waals surface area (Å²) in [6, 6.07) is 7.00. The van der Waals surface area contributed by atoms with Gasteiger partial charge >= 0.3 is 7.12 Å². The van der Waals surface area contributed by atoms with Gasteiger partial charge in [0, 0.05) is 23.1 Å². The third kappa shape index (κ3) is 2.46. The van der Waals surface area contributed by atoms with Gasteiger partial charge < -0.3 is 19.5 Å². The highest BCUT2D eigenvalue weighted by molar-refractivity contribution is 6.63. The van der Waals surface area contributed by atoms with Crippen LogP contribution in [0.4, 0.5) is 0 Å². The molecular weight excluding hydrogens is 292 g/mol. The van der Waals surface area contributed by atoms with E-state index < -0.39 is 7.12 Å². The molecule has 21 heavy (non-hydrogen) atoms. The second kappa shape index (κ2) is 5.56.